The van der Waals surface area contributed by atoms with Crippen molar-refractivity contribution in [3.8, 4) is 39.8 Å². The number of amides is 1. The molecule has 3 aromatic rings. The molecular formula is C25H30N4O7. The van der Waals surface area contributed by atoms with E-state index in [4.69, 9.17) is 18.6 Å². The molecule has 0 saturated carbocycles. The van der Waals surface area contributed by atoms with E-state index in [0.29, 0.717) is 61.0 Å². The molecule has 1 aliphatic rings. The lowest BCUT2D eigenvalue weighted by Gasteiger charge is -2.26. The number of carbonyl (C=O) groups excluding carboxylic acids is 1. The maximum atomic E-state index is 13.1. The van der Waals surface area contributed by atoms with Crippen LogP contribution < -0.4 is 15.0 Å². The summed E-state index contributed by atoms with van der Waals surface area (Å²) in [7, 11) is 3.03. The van der Waals surface area contributed by atoms with Gasteiger partial charge in [0.1, 0.15) is 29.2 Å². The summed E-state index contributed by atoms with van der Waals surface area (Å²) >= 11 is 0. The second kappa shape index (κ2) is 11.3. The van der Waals surface area contributed by atoms with Crippen molar-refractivity contribution in [2.24, 2.45) is 0 Å². The van der Waals surface area contributed by atoms with Crippen LogP contribution in [-0.2, 0) is 22.4 Å². The molecule has 1 aliphatic heterocycles. The highest BCUT2D eigenvalue weighted by molar-refractivity contribution is 5.87. The highest BCUT2D eigenvalue weighted by atomic mass is 16.5. The van der Waals surface area contributed by atoms with Crippen molar-refractivity contribution >= 4 is 5.91 Å². The van der Waals surface area contributed by atoms with Crippen molar-refractivity contribution in [3.63, 3.8) is 0 Å². The molecule has 0 aliphatic carbocycles. The molecule has 0 radical (unpaired) electrons. The first-order valence-corrected chi connectivity index (χ1v) is 11.9. The van der Waals surface area contributed by atoms with Crippen LogP contribution in [0.3, 0.4) is 0 Å². The van der Waals surface area contributed by atoms with Crippen LogP contribution in [0.25, 0.3) is 22.6 Å². The van der Waals surface area contributed by atoms with E-state index >= 15 is 0 Å². The molecular weight excluding hydrogens is 468 g/mol. The van der Waals surface area contributed by atoms with E-state index in [1.54, 1.807) is 23.1 Å². The van der Waals surface area contributed by atoms with Crippen molar-refractivity contribution in [3.05, 3.63) is 40.1 Å². The lowest BCUT2D eigenvalue weighted by molar-refractivity contribution is -0.134. The molecule has 1 saturated heterocycles. The molecule has 11 nitrogen and oxygen atoms in total. The Bertz CT molecular complexity index is 1260. The monoisotopic (exact) mass is 498 g/mol. The molecule has 11 heteroatoms. The van der Waals surface area contributed by atoms with Crippen LogP contribution in [0, 0.1) is 0 Å². The quantitative estimate of drug-likeness (QED) is 0.455. The fourth-order valence-electron chi connectivity index (χ4n) is 4.22. The molecule has 3 heterocycles. The molecule has 36 heavy (non-hydrogen) atoms. The van der Waals surface area contributed by atoms with E-state index in [9.17, 15) is 14.7 Å². The lowest BCUT2D eigenvalue weighted by Crippen LogP contribution is -2.41. The summed E-state index contributed by atoms with van der Waals surface area (Å²) in [6, 6.07) is 5.26. The molecule has 1 amide bonds. The zero-order valence-electron chi connectivity index (χ0n) is 20.6. The van der Waals surface area contributed by atoms with Gasteiger partial charge >= 0.3 is 0 Å². The molecule has 4 rings (SSSR count). The fourth-order valence-corrected chi connectivity index (χ4v) is 4.22. The Morgan fingerprint density at radius 1 is 1.11 bits per heavy atom. The largest absolute Gasteiger partial charge is 0.506 e. The van der Waals surface area contributed by atoms with Gasteiger partial charge < -0.3 is 33.6 Å². The molecule has 0 spiro atoms. The van der Waals surface area contributed by atoms with Gasteiger partial charge in [-0.15, -0.1) is 10.2 Å². The van der Waals surface area contributed by atoms with Gasteiger partial charge in [-0.3, -0.25) is 9.59 Å². The number of rotatable bonds is 9. The number of aryl methyl sites for hydroxylation is 1. The summed E-state index contributed by atoms with van der Waals surface area (Å²) in [5.41, 5.74) is 0.622. The van der Waals surface area contributed by atoms with Gasteiger partial charge in [0.25, 0.3) is 11.4 Å². The summed E-state index contributed by atoms with van der Waals surface area (Å²) in [5, 5.41) is 19.3. The maximum Gasteiger partial charge on any atom is 0.264 e. The first-order valence-electron chi connectivity index (χ1n) is 11.9. The highest BCUT2D eigenvalue weighted by Crippen LogP contribution is 2.46. The van der Waals surface area contributed by atoms with E-state index in [0.717, 1.165) is 12.8 Å². The Morgan fingerprint density at radius 3 is 2.44 bits per heavy atom. The Morgan fingerprint density at radius 2 is 1.81 bits per heavy atom. The van der Waals surface area contributed by atoms with Gasteiger partial charge in [0.2, 0.25) is 11.8 Å². The average Bonchev–Trinajstić information content (AvgIpc) is 3.35. The number of hydrogen-bond acceptors (Lipinski definition) is 9. The standard InChI is InChI=1S/C25H30N4O7/c1-4-5-7-15-20(21-16(33-2)8-6-9-17(21)34-3)23(31)22(24(32)26-15)25-28-27-18(36-25)14-19(30)29-10-12-35-13-11-29/h6,8-9H,4-5,7,10-14H2,1-3H3,(H2,26,31,32). The van der Waals surface area contributed by atoms with Crippen LogP contribution in [0.15, 0.2) is 27.4 Å². The fraction of sp³-hybridized carbons (Fsp3) is 0.440. The number of aromatic amines is 1. The van der Waals surface area contributed by atoms with Gasteiger partial charge in [-0.2, -0.15) is 0 Å². The maximum absolute atomic E-state index is 13.1. The first-order chi connectivity index (χ1) is 17.5. The molecule has 0 unspecified atom stereocenters. The third-order valence-corrected chi connectivity index (χ3v) is 6.07. The van der Waals surface area contributed by atoms with Gasteiger partial charge in [-0.05, 0) is 25.0 Å². The van der Waals surface area contributed by atoms with Crippen molar-refractivity contribution in [2.75, 3.05) is 40.5 Å². The summed E-state index contributed by atoms with van der Waals surface area (Å²) in [4.78, 5) is 30.2. The summed E-state index contributed by atoms with van der Waals surface area (Å²) < 4.78 is 22.1. The number of nitrogens with zero attached hydrogens (tertiary/aromatic N) is 3. The van der Waals surface area contributed by atoms with E-state index in [2.05, 4.69) is 15.2 Å². The van der Waals surface area contributed by atoms with E-state index in [1.807, 2.05) is 6.92 Å². The number of unbranched alkanes of at least 4 members (excludes halogenated alkanes) is 1. The number of morpholine rings is 1. The number of pyridine rings is 1. The summed E-state index contributed by atoms with van der Waals surface area (Å²) in [5.74, 6) is 0.274. The van der Waals surface area contributed by atoms with Gasteiger partial charge in [0.15, 0.2) is 0 Å². The Balaban J connectivity index is 1.78. The number of aromatic nitrogens is 3. The predicted octanol–water partition coefficient (Wildman–Crippen LogP) is 2.56. The van der Waals surface area contributed by atoms with Crippen LogP contribution in [0.2, 0.25) is 0 Å². The molecule has 192 valence electrons. The smallest absolute Gasteiger partial charge is 0.264 e. The number of hydrogen-bond donors (Lipinski definition) is 2. The molecule has 0 atom stereocenters. The number of carbonyl (C=O) groups is 1. The second-order valence-corrected chi connectivity index (χ2v) is 8.34. The summed E-state index contributed by atoms with van der Waals surface area (Å²) in [6.07, 6.45) is 2.07. The number of nitrogens with one attached hydrogen (secondary N) is 1. The minimum atomic E-state index is -0.578. The highest BCUT2D eigenvalue weighted by Gasteiger charge is 2.28. The van der Waals surface area contributed by atoms with Crippen LogP contribution in [0.5, 0.6) is 17.2 Å². The normalized spacial score (nSPS) is 13.6. The van der Waals surface area contributed by atoms with Crippen molar-refractivity contribution in [1.29, 1.82) is 0 Å². The summed E-state index contributed by atoms with van der Waals surface area (Å²) in [6.45, 7) is 3.97. The van der Waals surface area contributed by atoms with Crippen molar-refractivity contribution in [1.82, 2.24) is 20.1 Å². The third-order valence-electron chi connectivity index (χ3n) is 6.07. The Hall–Kier alpha value is -3.86. The number of benzene rings is 1. The topological polar surface area (TPSA) is 140 Å². The van der Waals surface area contributed by atoms with Crippen LogP contribution >= 0.6 is 0 Å². The Kier molecular flexibility index (Phi) is 7.89. The van der Waals surface area contributed by atoms with Crippen LogP contribution in [0.4, 0.5) is 0 Å². The molecule has 2 N–H and O–H groups in total. The van der Waals surface area contributed by atoms with Crippen molar-refractivity contribution < 1.29 is 28.5 Å². The second-order valence-electron chi connectivity index (χ2n) is 8.34. The van der Waals surface area contributed by atoms with Crippen LogP contribution in [-0.4, -0.2) is 71.6 Å². The Labute approximate surface area is 208 Å². The molecule has 0 bridgehead atoms. The minimum absolute atomic E-state index is 0.0479. The van der Waals surface area contributed by atoms with Gasteiger partial charge in [-0.1, -0.05) is 19.4 Å². The van der Waals surface area contributed by atoms with Crippen LogP contribution in [0.1, 0.15) is 31.4 Å². The zero-order chi connectivity index (χ0) is 25.7. The average molecular weight is 499 g/mol. The number of methoxy groups -OCH3 is 2. The van der Waals surface area contributed by atoms with Gasteiger partial charge in [0, 0.05) is 18.8 Å². The molecule has 2 aromatic heterocycles. The van der Waals surface area contributed by atoms with E-state index in [-0.39, 0.29) is 35.4 Å². The minimum Gasteiger partial charge on any atom is -0.506 e. The van der Waals surface area contributed by atoms with E-state index < -0.39 is 5.56 Å². The molecule has 1 fully saturated rings. The number of aromatic hydroxyl groups is 1. The lowest BCUT2D eigenvalue weighted by atomic mass is 9.96. The third kappa shape index (κ3) is 5.06. The van der Waals surface area contributed by atoms with Gasteiger partial charge in [-0.25, -0.2) is 0 Å². The first kappa shape index (κ1) is 25.2. The number of ether oxygens (including phenoxy) is 3. The molecule has 1 aromatic carbocycles. The van der Waals surface area contributed by atoms with Gasteiger partial charge in [0.05, 0.1) is 38.6 Å². The predicted molar refractivity (Wildman–Crippen MR) is 130 cm³/mol. The SMILES string of the molecule is CCCCc1[nH]c(=O)c(-c2nnc(CC(=O)N3CCOCC3)o2)c(O)c1-c1c(OC)cccc1OC. The van der Waals surface area contributed by atoms with E-state index in [1.165, 1.54) is 14.2 Å². The number of H-pyrrole nitrogens is 1. The zero-order valence-corrected chi connectivity index (χ0v) is 20.6. The van der Waals surface area contributed by atoms with Crippen molar-refractivity contribution in [2.45, 2.75) is 32.6 Å².